The van der Waals surface area contributed by atoms with Gasteiger partial charge in [0.05, 0.1) is 11.8 Å². The summed E-state index contributed by atoms with van der Waals surface area (Å²) in [5, 5.41) is 47.3. The molecular weight excluding hydrogens is 504 g/mol. The normalized spacial score (nSPS) is 43.7. The highest BCUT2D eigenvalue weighted by Crippen LogP contribution is 2.69. The van der Waals surface area contributed by atoms with E-state index in [1.807, 2.05) is 13.8 Å². The molecule has 10 nitrogen and oxygen atoms in total. The van der Waals surface area contributed by atoms with Crippen LogP contribution in [0.2, 0.25) is 0 Å². The topological polar surface area (TPSA) is 166 Å². The fraction of sp³-hybridized carbons (Fsp3) is 0.793. The van der Waals surface area contributed by atoms with Crippen LogP contribution in [-0.4, -0.2) is 74.8 Å². The highest BCUT2D eigenvalue weighted by molar-refractivity contribution is 5.92. The van der Waals surface area contributed by atoms with Crippen molar-refractivity contribution in [1.82, 2.24) is 5.32 Å². The van der Waals surface area contributed by atoms with E-state index in [9.17, 15) is 24.6 Å². The largest absolute Gasteiger partial charge is 0.478 e. The lowest BCUT2D eigenvalue weighted by Crippen LogP contribution is -2.74. The van der Waals surface area contributed by atoms with Crippen LogP contribution < -0.4 is 5.32 Å². The fourth-order valence-corrected chi connectivity index (χ4v) is 8.85. The minimum atomic E-state index is -1.26. The van der Waals surface area contributed by atoms with Crippen molar-refractivity contribution in [2.24, 2.45) is 39.2 Å². The summed E-state index contributed by atoms with van der Waals surface area (Å²) in [5.74, 6) is -1.13. The Morgan fingerprint density at radius 2 is 1.67 bits per heavy atom. The monoisotopic (exact) mass is 548 g/mol. The molecular formula is C29H44N2O8. The van der Waals surface area contributed by atoms with Crippen LogP contribution in [0.1, 0.15) is 79.1 Å². The zero-order valence-electron chi connectivity index (χ0n) is 23.5. The number of ketones is 1. The maximum Gasteiger partial charge on any atom is 0.328 e. The first-order valence-corrected chi connectivity index (χ1v) is 14.2. The summed E-state index contributed by atoms with van der Waals surface area (Å²) < 4.78 is 0. The van der Waals surface area contributed by atoms with Gasteiger partial charge in [-0.05, 0) is 62.8 Å². The minimum absolute atomic E-state index is 0.0860. The number of carbonyl (C=O) groups excluding carboxylic acids is 1. The van der Waals surface area contributed by atoms with Crippen molar-refractivity contribution in [3.05, 3.63) is 12.2 Å². The molecule has 0 radical (unpaired) electrons. The third-order valence-corrected chi connectivity index (χ3v) is 11.1. The molecule has 0 aromatic rings. The van der Waals surface area contributed by atoms with Crippen LogP contribution in [0, 0.1) is 34.0 Å². The standard InChI is InChI=1S/C25H40N2O4.C4H4O4/c1-22(2)19(27-31-15-9-12-26-14-15)8-11-24(4)18-7-10-23(3)17(5-6-20(23)28)16(18)13-21(29)25(22,24)30;5-3(6)1-2-4(7)8/h15-18,21,26,29-30H,5-14H2,1-4H3;1-2H,(H,5,6)(H,7,8)/b27-19+;2-1+/t15-,16+,17+,18+,21+,23+,24-,25-;/m1./s1. The number of aliphatic hydroxyl groups excluding tert-OH is 1. The number of fused-ring (bicyclic) bond motifs is 5. The lowest BCUT2D eigenvalue weighted by atomic mass is 9.38. The van der Waals surface area contributed by atoms with Crippen molar-refractivity contribution in [3.63, 3.8) is 0 Å². The number of oxime groups is 1. The van der Waals surface area contributed by atoms with Crippen LogP contribution >= 0.6 is 0 Å². The van der Waals surface area contributed by atoms with Gasteiger partial charge in [-0.1, -0.05) is 32.9 Å². The molecule has 0 spiro atoms. The van der Waals surface area contributed by atoms with Gasteiger partial charge in [0.2, 0.25) is 0 Å². The summed E-state index contributed by atoms with van der Waals surface area (Å²) in [5.41, 5.74) is -1.70. The van der Waals surface area contributed by atoms with Crippen molar-refractivity contribution in [2.75, 3.05) is 13.1 Å². The summed E-state index contributed by atoms with van der Waals surface area (Å²) in [6, 6.07) is 0. The molecule has 1 heterocycles. The molecule has 4 saturated carbocycles. The highest BCUT2D eigenvalue weighted by atomic mass is 16.6. The molecule has 8 atom stereocenters. The first kappa shape index (κ1) is 29.7. The number of carboxylic acids is 2. The zero-order chi connectivity index (χ0) is 28.8. The Labute approximate surface area is 229 Å². The molecule has 0 unspecified atom stereocenters. The molecule has 10 heteroatoms. The molecule has 5 aliphatic rings. The van der Waals surface area contributed by atoms with Gasteiger partial charge in [0.15, 0.2) is 0 Å². The fourth-order valence-electron chi connectivity index (χ4n) is 8.85. The lowest BCUT2D eigenvalue weighted by molar-refractivity contribution is -0.273. The molecule has 4 aliphatic carbocycles. The van der Waals surface area contributed by atoms with E-state index in [1.165, 1.54) is 0 Å². The van der Waals surface area contributed by atoms with Gasteiger partial charge in [-0.2, -0.15) is 0 Å². The molecule has 0 bridgehead atoms. The van der Waals surface area contributed by atoms with Gasteiger partial charge >= 0.3 is 11.9 Å². The second-order valence-corrected chi connectivity index (χ2v) is 13.1. The van der Waals surface area contributed by atoms with E-state index in [2.05, 4.69) is 24.3 Å². The summed E-state index contributed by atoms with van der Waals surface area (Å²) in [7, 11) is 0. The molecule has 5 rings (SSSR count). The summed E-state index contributed by atoms with van der Waals surface area (Å²) in [6.45, 7) is 10.2. The van der Waals surface area contributed by atoms with Crippen molar-refractivity contribution in [1.29, 1.82) is 0 Å². The number of nitrogens with zero attached hydrogens (tertiary/aromatic N) is 1. The molecule has 0 aromatic heterocycles. The molecule has 1 aliphatic heterocycles. The van der Waals surface area contributed by atoms with E-state index >= 15 is 0 Å². The van der Waals surface area contributed by atoms with E-state index in [1.54, 1.807) is 0 Å². The van der Waals surface area contributed by atoms with Gasteiger partial charge in [0, 0.05) is 47.8 Å². The first-order chi connectivity index (χ1) is 18.2. The van der Waals surface area contributed by atoms with Crippen LogP contribution in [0.3, 0.4) is 0 Å². The molecule has 0 amide bonds. The quantitative estimate of drug-likeness (QED) is 0.262. The van der Waals surface area contributed by atoms with Crippen molar-refractivity contribution in [3.8, 4) is 0 Å². The SMILES string of the molecule is CC1(C)/C(=N/O[C@@H]2CCNC2)CC[C@]2(C)[C@H]3CC[C@]4(C)C(=O)CC[C@H]4[C@@H]3C[C@H](O)[C@@]12O.O=C(O)/C=C/C(=O)O. The molecule has 1 saturated heterocycles. The summed E-state index contributed by atoms with van der Waals surface area (Å²) in [4.78, 5) is 37.7. The molecule has 0 aromatic carbocycles. The Bertz CT molecular complexity index is 1030. The van der Waals surface area contributed by atoms with Crippen LogP contribution in [0.4, 0.5) is 0 Å². The summed E-state index contributed by atoms with van der Waals surface area (Å²) in [6.07, 6.45) is 6.97. The van der Waals surface area contributed by atoms with Crippen molar-refractivity contribution < 1.29 is 39.6 Å². The van der Waals surface area contributed by atoms with E-state index in [0.29, 0.717) is 48.5 Å². The van der Waals surface area contributed by atoms with Gasteiger partial charge in [0.1, 0.15) is 17.5 Å². The van der Waals surface area contributed by atoms with Crippen molar-refractivity contribution in [2.45, 2.75) is 96.9 Å². The molecule has 5 fully saturated rings. The second-order valence-electron chi connectivity index (χ2n) is 13.1. The number of aliphatic carboxylic acids is 2. The number of aliphatic hydroxyl groups is 2. The highest BCUT2D eigenvalue weighted by Gasteiger charge is 2.72. The second kappa shape index (κ2) is 10.6. The number of hydrogen-bond donors (Lipinski definition) is 5. The first-order valence-electron chi connectivity index (χ1n) is 14.2. The molecule has 39 heavy (non-hydrogen) atoms. The smallest absolute Gasteiger partial charge is 0.328 e. The maximum absolute atomic E-state index is 12.7. The van der Waals surface area contributed by atoms with E-state index < -0.39 is 34.5 Å². The van der Waals surface area contributed by atoms with Gasteiger partial charge < -0.3 is 30.6 Å². The Balaban J connectivity index is 0.000000386. The van der Waals surface area contributed by atoms with Crippen LogP contribution in [-0.2, 0) is 19.2 Å². The predicted octanol–water partition coefficient (Wildman–Crippen LogP) is 2.77. The van der Waals surface area contributed by atoms with Crippen LogP contribution in [0.25, 0.3) is 0 Å². The van der Waals surface area contributed by atoms with E-state index in [0.717, 1.165) is 57.3 Å². The predicted molar refractivity (Wildman–Crippen MR) is 143 cm³/mol. The average molecular weight is 549 g/mol. The Hall–Kier alpha value is -2.30. The molecule has 5 N–H and O–H groups in total. The molecule has 218 valence electrons. The summed E-state index contributed by atoms with van der Waals surface area (Å²) >= 11 is 0. The van der Waals surface area contributed by atoms with Gasteiger partial charge in [0.25, 0.3) is 0 Å². The maximum atomic E-state index is 12.7. The van der Waals surface area contributed by atoms with Crippen LogP contribution in [0.15, 0.2) is 17.3 Å². The van der Waals surface area contributed by atoms with Crippen LogP contribution in [0.5, 0.6) is 0 Å². The number of carboxylic acid groups (broad SMARTS) is 2. The number of nitrogens with one attached hydrogen (secondary N) is 1. The van der Waals surface area contributed by atoms with E-state index in [-0.39, 0.29) is 11.5 Å². The lowest BCUT2D eigenvalue weighted by Gasteiger charge is -2.68. The third kappa shape index (κ3) is 4.82. The average Bonchev–Trinajstić information content (AvgIpc) is 3.49. The number of rotatable bonds is 4. The third-order valence-electron chi connectivity index (χ3n) is 11.1. The zero-order valence-corrected chi connectivity index (χ0v) is 23.5. The van der Waals surface area contributed by atoms with Gasteiger partial charge in [-0.15, -0.1) is 0 Å². The number of carbonyl (C=O) groups is 3. The van der Waals surface area contributed by atoms with Gasteiger partial charge in [-0.3, -0.25) is 4.79 Å². The minimum Gasteiger partial charge on any atom is -0.478 e. The number of hydrogen-bond acceptors (Lipinski definition) is 8. The Kier molecular flexibility index (Phi) is 8.06. The van der Waals surface area contributed by atoms with Crippen molar-refractivity contribution >= 4 is 23.4 Å². The number of Topliss-reactive ketones (excluding diaryl/α,β-unsaturated/α-hetero) is 1. The van der Waals surface area contributed by atoms with Gasteiger partial charge in [-0.25, -0.2) is 9.59 Å². The Morgan fingerprint density at radius 1 is 1.00 bits per heavy atom. The Morgan fingerprint density at radius 3 is 2.26 bits per heavy atom. The van der Waals surface area contributed by atoms with E-state index in [4.69, 9.17) is 15.1 Å².